The maximum atomic E-state index is 13.1. The molecule has 4 rings (SSSR count). The Hall–Kier alpha value is -3.01. The van der Waals surface area contributed by atoms with E-state index in [1.807, 2.05) is 41.3 Å². The van der Waals surface area contributed by atoms with Crippen molar-refractivity contribution in [3.8, 4) is 0 Å². The number of para-hydroxylation sites is 1. The number of hydrogen-bond donors (Lipinski definition) is 1. The Kier molecular flexibility index (Phi) is 3.80. The molecule has 1 aliphatic heterocycles. The van der Waals surface area contributed by atoms with E-state index in [4.69, 9.17) is 4.42 Å². The first-order valence-corrected chi connectivity index (χ1v) is 8.39. The SMILES string of the molecule is Cc1ccc([C@H]2Nc3ccccc3C(=O)N2Cc2ccco2)c(C)c1. The van der Waals surface area contributed by atoms with E-state index in [2.05, 4.69) is 37.4 Å². The second-order valence-electron chi connectivity index (χ2n) is 6.46. The summed E-state index contributed by atoms with van der Waals surface area (Å²) in [5.41, 5.74) is 5.03. The number of nitrogens with one attached hydrogen (secondary N) is 1. The van der Waals surface area contributed by atoms with Gasteiger partial charge in [-0.25, -0.2) is 0 Å². The van der Waals surface area contributed by atoms with Gasteiger partial charge in [0, 0.05) is 5.69 Å². The predicted octanol–water partition coefficient (Wildman–Crippen LogP) is 4.66. The third-order valence-electron chi connectivity index (χ3n) is 4.65. The lowest BCUT2D eigenvalue weighted by molar-refractivity contribution is 0.0651. The summed E-state index contributed by atoms with van der Waals surface area (Å²) in [6, 6.07) is 17.7. The van der Waals surface area contributed by atoms with Crippen LogP contribution in [-0.2, 0) is 6.54 Å². The van der Waals surface area contributed by atoms with E-state index >= 15 is 0 Å². The monoisotopic (exact) mass is 332 g/mol. The summed E-state index contributed by atoms with van der Waals surface area (Å²) < 4.78 is 5.48. The average molecular weight is 332 g/mol. The Morgan fingerprint density at radius 3 is 2.68 bits per heavy atom. The molecule has 0 bridgehead atoms. The van der Waals surface area contributed by atoms with Gasteiger partial charge < -0.3 is 14.6 Å². The number of aryl methyl sites for hydroxylation is 2. The molecule has 3 aromatic rings. The number of amides is 1. The first-order valence-electron chi connectivity index (χ1n) is 8.39. The topological polar surface area (TPSA) is 45.5 Å². The van der Waals surface area contributed by atoms with Gasteiger partial charge in [-0.2, -0.15) is 0 Å². The van der Waals surface area contributed by atoms with Crippen molar-refractivity contribution in [1.82, 2.24) is 4.90 Å². The first kappa shape index (κ1) is 15.5. The summed E-state index contributed by atoms with van der Waals surface area (Å²) in [4.78, 5) is 15.0. The number of hydrogen-bond acceptors (Lipinski definition) is 3. The van der Waals surface area contributed by atoms with E-state index in [0.29, 0.717) is 12.1 Å². The number of nitrogens with zero attached hydrogens (tertiary/aromatic N) is 1. The van der Waals surface area contributed by atoms with Gasteiger partial charge in [-0.15, -0.1) is 0 Å². The van der Waals surface area contributed by atoms with Crippen LogP contribution in [0, 0.1) is 13.8 Å². The van der Waals surface area contributed by atoms with Crippen molar-refractivity contribution < 1.29 is 9.21 Å². The zero-order valence-electron chi connectivity index (χ0n) is 14.3. The van der Waals surface area contributed by atoms with Gasteiger partial charge in [-0.3, -0.25) is 4.79 Å². The molecule has 0 fully saturated rings. The summed E-state index contributed by atoms with van der Waals surface area (Å²) in [5.74, 6) is 0.778. The van der Waals surface area contributed by atoms with Gasteiger partial charge in [0.15, 0.2) is 0 Å². The molecule has 1 aliphatic rings. The molecule has 1 amide bonds. The van der Waals surface area contributed by atoms with Gasteiger partial charge in [0.1, 0.15) is 11.9 Å². The van der Waals surface area contributed by atoms with Gasteiger partial charge in [0.05, 0.1) is 18.4 Å². The Balaban J connectivity index is 1.80. The molecule has 4 nitrogen and oxygen atoms in total. The fraction of sp³-hybridized carbons (Fsp3) is 0.190. The van der Waals surface area contributed by atoms with E-state index in [1.165, 1.54) is 5.56 Å². The predicted molar refractivity (Wildman–Crippen MR) is 97.3 cm³/mol. The van der Waals surface area contributed by atoms with Crippen molar-refractivity contribution >= 4 is 11.6 Å². The van der Waals surface area contributed by atoms with E-state index in [9.17, 15) is 4.79 Å². The summed E-state index contributed by atoms with van der Waals surface area (Å²) >= 11 is 0. The van der Waals surface area contributed by atoms with Crippen LogP contribution < -0.4 is 5.32 Å². The van der Waals surface area contributed by atoms with Crippen molar-refractivity contribution in [1.29, 1.82) is 0 Å². The van der Waals surface area contributed by atoms with Crippen molar-refractivity contribution in [2.45, 2.75) is 26.6 Å². The molecule has 4 heteroatoms. The first-order chi connectivity index (χ1) is 12.1. The molecule has 0 spiro atoms. The smallest absolute Gasteiger partial charge is 0.258 e. The maximum absolute atomic E-state index is 13.1. The van der Waals surface area contributed by atoms with Gasteiger partial charge in [0.2, 0.25) is 0 Å². The van der Waals surface area contributed by atoms with Crippen molar-refractivity contribution in [3.05, 3.63) is 88.9 Å². The summed E-state index contributed by atoms with van der Waals surface area (Å²) in [6.07, 6.45) is 1.41. The Morgan fingerprint density at radius 2 is 1.92 bits per heavy atom. The Labute approximate surface area is 147 Å². The number of fused-ring (bicyclic) bond motifs is 1. The molecular weight excluding hydrogens is 312 g/mol. The van der Waals surface area contributed by atoms with Crippen LogP contribution in [0.2, 0.25) is 0 Å². The second-order valence-corrected chi connectivity index (χ2v) is 6.46. The molecule has 0 unspecified atom stereocenters. The second kappa shape index (κ2) is 6.13. The molecule has 2 heterocycles. The number of carbonyl (C=O) groups excluding carboxylic acids is 1. The fourth-order valence-corrected chi connectivity index (χ4v) is 3.40. The number of rotatable bonds is 3. The lowest BCUT2D eigenvalue weighted by Gasteiger charge is -2.38. The summed E-state index contributed by atoms with van der Waals surface area (Å²) in [6.45, 7) is 4.58. The Bertz CT molecular complexity index is 915. The third kappa shape index (κ3) is 2.80. The highest BCUT2D eigenvalue weighted by molar-refractivity contribution is 6.01. The third-order valence-corrected chi connectivity index (χ3v) is 4.65. The van der Waals surface area contributed by atoms with E-state index in [1.54, 1.807) is 6.26 Å². The normalized spacial score (nSPS) is 16.5. The molecule has 1 N–H and O–H groups in total. The fourth-order valence-electron chi connectivity index (χ4n) is 3.40. The van der Waals surface area contributed by atoms with Gasteiger partial charge >= 0.3 is 0 Å². The van der Waals surface area contributed by atoms with E-state index < -0.39 is 0 Å². The molecule has 1 atom stereocenters. The molecular formula is C21H20N2O2. The molecule has 126 valence electrons. The highest BCUT2D eigenvalue weighted by atomic mass is 16.3. The minimum absolute atomic E-state index is 0.00993. The minimum Gasteiger partial charge on any atom is -0.467 e. The lowest BCUT2D eigenvalue weighted by atomic mass is 9.98. The molecule has 2 aromatic carbocycles. The Morgan fingerprint density at radius 1 is 1.08 bits per heavy atom. The van der Waals surface area contributed by atoms with Crippen LogP contribution in [0.4, 0.5) is 5.69 Å². The van der Waals surface area contributed by atoms with Crippen LogP contribution in [0.1, 0.15) is 39.0 Å². The van der Waals surface area contributed by atoms with Crippen LogP contribution in [-0.4, -0.2) is 10.8 Å². The average Bonchev–Trinajstić information content (AvgIpc) is 3.11. The van der Waals surface area contributed by atoms with Gasteiger partial charge in [-0.05, 0) is 49.2 Å². The maximum Gasteiger partial charge on any atom is 0.258 e. The summed E-state index contributed by atoms with van der Waals surface area (Å²) in [7, 11) is 0. The minimum atomic E-state index is -0.229. The van der Waals surface area contributed by atoms with E-state index in [0.717, 1.165) is 22.6 Å². The highest BCUT2D eigenvalue weighted by Crippen LogP contribution is 2.35. The number of anilines is 1. The molecule has 25 heavy (non-hydrogen) atoms. The largest absolute Gasteiger partial charge is 0.467 e. The highest BCUT2D eigenvalue weighted by Gasteiger charge is 2.33. The van der Waals surface area contributed by atoms with Crippen LogP contribution in [0.15, 0.2) is 65.3 Å². The lowest BCUT2D eigenvalue weighted by Crippen LogP contribution is -2.42. The van der Waals surface area contributed by atoms with E-state index in [-0.39, 0.29) is 12.1 Å². The molecule has 1 aromatic heterocycles. The van der Waals surface area contributed by atoms with Crippen LogP contribution >= 0.6 is 0 Å². The standard InChI is InChI=1S/C21H20N2O2/c1-14-9-10-17(15(2)12-14)20-22-19-8-4-3-7-18(19)21(24)23(20)13-16-6-5-11-25-16/h3-12,20,22H,13H2,1-2H3/t20-/m0/s1. The van der Waals surface area contributed by atoms with Gasteiger partial charge in [0.25, 0.3) is 5.91 Å². The quantitative estimate of drug-likeness (QED) is 0.758. The van der Waals surface area contributed by atoms with Crippen molar-refractivity contribution in [2.75, 3.05) is 5.32 Å². The molecule has 0 radical (unpaired) electrons. The number of furan rings is 1. The van der Waals surface area contributed by atoms with Crippen molar-refractivity contribution in [3.63, 3.8) is 0 Å². The van der Waals surface area contributed by atoms with Crippen LogP contribution in [0.3, 0.4) is 0 Å². The zero-order valence-corrected chi connectivity index (χ0v) is 14.3. The summed E-state index contributed by atoms with van der Waals surface area (Å²) in [5, 5.41) is 3.53. The van der Waals surface area contributed by atoms with Crippen molar-refractivity contribution in [2.24, 2.45) is 0 Å². The van der Waals surface area contributed by atoms with Crippen LogP contribution in [0.5, 0.6) is 0 Å². The zero-order chi connectivity index (χ0) is 17.4. The number of carbonyl (C=O) groups is 1. The number of benzene rings is 2. The molecule has 0 aliphatic carbocycles. The molecule has 0 saturated carbocycles. The molecule has 0 saturated heterocycles. The van der Waals surface area contributed by atoms with Crippen LogP contribution in [0.25, 0.3) is 0 Å². The van der Waals surface area contributed by atoms with Gasteiger partial charge in [-0.1, -0.05) is 35.9 Å².